The summed E-state index contributed by atoms with van der Waals surface area (Å²) in [5, 5.41) is 7.01. The van der Waals surface area contributed by atoms with E-state index in [0.717, 1.165) is 72.1 Å². The molecule has 0 aliphatic rings. The Balaban J connectivity index is 1.04. The predicted octanol–water partition coefficient (Wildman–Crippen LogP) is 16.0. The summed E-state index contributed by atoms with van der Waals surface area (Å²) in [5.41, 5.74) is 13.1. The fraction of sp³-hybridized carbons (Fsp3) is 0. The Bertz CT molecular complexity index is 4040. The van der Waals surface area contributed by atoms with Crippen molar-refractivity contribution in [1.82, 2.24) is 28.7 Å². The molecule has 0 spiro atoms. The monoisotopic (exact) mass is 898 g/mol. The molecule has 4 aromatic heterocycles. The lowest BCUT2D eigenvalue weighted by molar-refractivity contribution is 0.631. The van der Waals surface area contributed by atoms with E-state index in [9.17, 15) is 0 Å². The van der Waals surface area contributed by atoms with Crippen LogP contribution in [0, 0.1) is 5.82 Å². The highest BCUT2D eigenvalue weighted by molar-refractivity contribution is 6.14. The first kappa shape index (κ1) is 39.7. The molecule has 0 aliphatic carbocycles. The van der Waals surface area contributed by atoms with Gasteiger partial charge in [-0.1, -0.05) is 152 Å². The molecule has 0 amide bonds. The number of benzene rings is 10. The number of para-hydroxylation sites is 4. The van der Waals surface area contributed by atoms with E-state index in [2.05, 4.69) is 159 Å². The van der Waals surface area contributed by atoms with Crippen LogP contribution in [-0.4, -0.2) is 28.7 Å². The minimum absolute atomic E-state index is 0.338. The maximum atomic E-state index is 16.4. The van der Waals surface area contributed by atoms with Crippen molar-refractivity contribution in [3.05, 3.63) is 242 Å². The van der Waals surface area contributed by atoms with Crippen molar-refractivity contribution in [3.8, 4) is 62.4 Å². The highest BCUT2D eigenvalue weighted by atomic mass is 19.1. The van der Waals surface area contributed by atoms with Crippen molar-refractivity contribution in [2.75, 3.05) is 0 Å². The molecule has 14 aromatic rings. The zero-order valence-corrected chi connectivity index (χ0v) is 37.6. The zero-order valence-electron chi connectivity index (χ0n) is 37.6. The first-order valence-corrected chi connectivity index (χ1v) is 23.5. The average Bonchev–Trinajstić information content (AvgIpc) is 4.06. The van der Waals surface area contributed by atoms with Crippen LogP contribution in [0.2, 0.25) is 0 Å². The smallest absolute Gasteiger partial charge is 0.164 e. The van der Waals surface area contributed by atoms with Gasteiger partial charge in [0.25, 0.3) is 0 Å². The van der Waals surface area contributed by atoms with E-state index in [0.29, 0.717) is 34.2 Å². The van der Waals surface area contributed by atoms with Gasteiger partial charge >= 0.3 is 0 Å². The largest absolute Gasteiger partial charge is 0.309 e. The van der Waals surface area contributed by atoms with Gasteiger partial charge in [-0.25, -0.2) is 19.3 Å². The molecular formula is C63H39FN6. The zero-order chi connectivity index (χ0) is 46.3. The van der Waals surface area contributed by atoms with E-state index < -0.39 is 0 Å². The number of hydrogen-bond acceptors (Lipinski definition) is 3. The maximum Gasteiger partial charge on any atom is 0.164 e. The van der Waals surface area contributed by atoms with Crippen molar-refractivity contribution in [2.24, 2.45) is 0 Å². The van der Waals surface area contributed by atoms with E-state index >= 15 is 4.39 Å². The van der Waals surface area contributed by atoms with E-state index in [4.69, 9.17) is 15.0 Å². The number of hydrogen-bond donors (Lipinski definition) is 0. The summed E-state index contributed by atoms with van der Waals surface area (Å²) >= 11 is 0. The van der Waals surface area contributed by atoms with Crippen LogP contribution >= 0.6 is 0 Å². The Hall–Kier alpha value is -9.46. The number of rotatable bonds is 7. The van der Waals surface area contributed by atoms with Crippen molar-refractivity contribution < 1.29 is 4.39 Å². The Morgan fingerprint density at radius 3 is 1.07 bits per heavy atom. The van der Waals surface area contributed by atoms with Gasteiger partial charge in [-0.3, -0.25) is 0 Å². The standard InChI is InChI=1S/C63H39FN6/c64-54-26-12-7-21-45(54)51-37-42(31-34-50(51)63-66-61(40-17-3-1-4-18-40)65-62(67-63)41-19-5-2-6-20-41)70-59-35-32-43(68-55-27-13-8-22-46(55)47-23-9-14-28-56(47)68)38-52(59)53-39-44(33-36-60(53)70)69-57-29-15-10-24-48(57)49-25-11-16-30-58(49)69/h1-39H. The summed E-state index contributed by atoms with van der Waals surface area (Å²) < 4.78 is 23.4. The molecule has 0 saturated carbocycles. The minimum atomic E-state index is -0.338. The van der Waals surface area contributed by atoms with Crippen LogP contribution in [0.3, 0.4) is 0 Å². The van der Waals surface area contributed by atoms with Crippen LogP contribution in [0.25, 0.3) is 128 Å². The Kier molecular flexibility index (Phi) is 8.97. The van der Waals surface area contributed by atoms with Crippen LogP contribution in [0.4, 0.5) is 4.39 Å². The number of aromatic nitrogens is 6. The molecule has 328 valence electrons. The van der Waals surface area contributed by atoms with Gasteiger partial charge in [0.1, 0.15) is 5.82 Å². The topological polar surface area (TPSA) is 53.5 Å². The molecule has 0 saturated heterocycles. The van der Waals surface area contributed by atoms with Gasteiger partial charge in [0.2, 0.25) is 0 Å². The lowest BCUT2D eigenvalue weighted by Crippen LogP contribution is -2.02. The van der Waals surface area contributed by atoms with Crippen LogP contribution < -0.4 is 0 Å². The normalized spacial score (nSPS) is 11.8. The van der Waals surface area contributed by atoms with Gasteiger partial charge in [-0.2, -0.15) is 0 Å². The number of nitrogens with zero attached hydrogens (tertiary/aromatic N) is 6. The first-order chi connectivity index (χ1) is 34.6. The third kappa shape index (κ3) is 6.22. The van der Waals surface area contributed by atoms with Crippen LogP contribution in [0.5, 0.6) is 0 Å². The molecule has 6 nitrogen and oxygen atoms in total. The fourth-order valence-corrected chi connectivity index (χ4v) is 10.7. The Morgan fingerprint density at radius 2 is 0.614 bits per heavy atom. The second-order valence-corrected chi connectivity index (χ2v) is 17.7. The molecule has 70 heavy (non-hydrogen) atoms. The number of fused-ring (bicyclic) bond motifs is 9. The summed E-state index contributed by atoms with van der Waals surface area (Å²) in [7, 11) is 0. The Labute approximate surface area is 401 Å². The summed E-state index contributed by atoms with van der Waals surface area (Å²) in [6.07, 6.45) is 0. The molecule has 7 heteroatoms. The Morgan fingerprint density at radius 1 is 0.257 bits per heavy atom. The van der Waals surface area contributed by atoms with Gasteiger partial charge in [0, 0.05) is 71.6 Å². The van der Waals surface area contributed by atoms with Gasteiger partial charge in [0.05, 0.1) is 33.1 Å². The van der Waals surface area contributed by atoms with Gasteiger partial charge in [-0.05, 0) is 90.5 Å². The predicted molar refractivity (Wildman–Crippen MR) is 285 cm³/mol. The summed E-state index contributed by atoms with van der Waals surface area (Å²) in [5.74, 6) is 1.18. The molecule has 14 rings (SSSR count). The summed E-state index contributed by atoms with van der Waals surface area (Å²) in [6.45, 7) is 0. The SMILES string of the molecule is Fc1ccccc1-c1cc(-n2c3ccc(-n4c5ccccc5c5ccccc54)cc3c3cc(-n4c5ccccc5c5ccccc54)ccc32)ccc1-c1nc(-c2ccccc2)nc(-c2ccccc2)n1. The average molecular weight is 899 g/mol. The highest BCUT2D eigenvalue weighted by Crippen LogP contribution is 2.42. The van der Waals surface area contributed by atoms with Crippen molar-refractivity contribution in [1.29, 1.82) is 0 Å². The van der Waals surface area contributed by atoms with Crippen molar-refractivity contribution >= 4 is 65.4 Å². The molecule has 0 atom stereocenters. The molecule has 0 bridgehead atoms. The maximum absolute atomic E-state index is 16.4. The second kappa shape index (κ2) is 15.8. The highest BCUT2D eigenvalue weighted by Gasteiger charge is 2.22. The van der Waals surface area contributed by atoms with E-state index in [1.165, 1.54) is 27.6 Å². The molecule has 10 aromatic carbocycles. The summed E-state index contributed by atoms with van der Waals surface area (Å²) in [4.78, 5) is 15.2. The lowest BCUT2D eigenvalue weighted by atomic mass is 9.97. The van der Waals surface area contributed by atoms with Crippen LogP contribution in [-0.2, 0) is 0 Å². The minimum Gasteiger partial charge on any atom is -0.309 e. The summed E-state index contributed by atoms with van der Waals surface area (Å²) in [6, 6.07) is 81.1. The fourth-order valence-electron chi connectivity index (χ4n) is 10.7. The van der Waals surface area contributed by atoms with Crippen molar-refractivity contribution in [3.63, 3.8) is 0 Å². The van der Waals surface area contributed by atoms with E-state index in [1.807, 2.05) is 78.9 Å². The quantitative estimate of drug-likeness (QED) is 0.160. The molecule has 0 N–H and O–H groups in total. The van der Waals surface area contributed by atoms with Crippen molar-refractivity contribution in [2.45, 2.75) is 0 Å². The van der Waals surface area contributed by atoms with E-state index in [-0.39, 0.29) is 5.82 Å². The molecule has 0 fully saturated rings. The second-order valence-electron chi connectivity index (χ2n) is 17.7. The van der Waals surface area contributed by atoms with Crippen LogP contribution in [0.15, 0.2) is 237 Å². The third-order valence-corrected chi connectivity index (χ3v) is 13.8. The lowest BCUT2D eigenvalue weighted by Gasteiger charge is -2.16. The molecule has 0 aliphatic heterocycles. The molecule has 4 heterocycles. The first-order valence-electron chi connectivity index (χ1n) is 23.5. The third-order valence-electron chi connectivity index (χ3n) is 13.8. The number of halogens is 1. The van der Waals surface area contributed by atoms with E-state index in [1.54, 1.807) is 6.07 Å². The van der Waals surface area contributed by atoms with Gasteiger partial charge in [-0.15, -0.1) is 0 Å². The molecule has 0 radical (unpaired) electrons. The van der Waals surface area contributed by atoms with Crippen LogP contribution in [0.1, 0.15) is 0 Å². The van der Waals surface area contributed by atoms with Gasteiger partial charge < -0.3 is 13.7 Å². The molecule has 0 unspecified atom stereocenters. The molecular weight excluding hydrogens is 860 g/mol. The van der Waals surface area contributed by atoms with Gasteiger partial charge in [0.15, 0.2) is 17.5 Å².